The zero-order valence-corrected chi connectivity index (χ0v) is 16.5. The highest BCUT2D eigenvalue weighted by Crippen LogP contribution is 2.15. The summed E-state index contributed by atoms with van der Waals surface area (Å²) in [6.07, 6.45) is 2.57. The van der Waals surface area contributed by atoms with E-state index in [0.717, 1.165) is 36.9 Å². The van der Waals surface area contributed by atoms with E-state index >= 15 is 0 Å². The van der Waals surface area contributed by atoms with E-state index in [9.17, 15) is 0 Å². The van der Waals surface area contributed by atoms with Crippen molar-refractivity contribution in [2.24, 2.45) is 4.99 Å². The predicted molar refractivity (Wildman–Crippen MR) is 107 cm³/mol. The average molecular weight is 363 g/mol. The van der Waals surface area contributed by atoms with E-state index in [1.54, 1.807) is 7.11 Å². The Hall–Kier alpha value is -1.79. The summed E-state index contributed by atoms with van der Waals surface area (Å²) in [6.45, 7) is 10.3. The van der Waals surface area contributed by atoms with Gasteiger partial charge in [-0.2, -0.15) is 0 Å². The van der Waals surface area contributed by atoms with Crippen LogP contribution in [-0.4, -0.2) is 63.4 Å². The summed E-state index contributed by atoms with van der Waals surface area (Å²) >= 11 is 0. The molecule has 0 aromatic heterocycles. The first kappa shape index (κ1) is 20.5. The highest BCUT2D eigenvalue weighted by atomic mass is 16.5. The Kier molecular flexibility index (Phi) is 9.28. The highest BCUT2D eigenvalue weighted by molar-refractivity contribution is 5.79. The maximum atomic E-state index is 5.59. The van der Waals surface area contributed by atoms with Crippen LogP contribution >= 0.6 is 0 Å². The number of nitrogens with zero attached hydrogens (tertiary/aromatic N) is 2. The molecule has 0 amide bonds. The van der Waals surface area contributed by atoms with Crippen molar-refractivity contribution in [1.82, 2.24) is 15.5 Å². The second-order valence-corrected chi connectivity index (χ2v) is 6.49. The molecule has 0 bridgehead atoms. The summed E-state index contributed by atoms with van der Waals surface area (Å²) in [5.74, 6) is 1.75. The molecule has 1 fully saturated rings. The summed E-state index contributed by atoms with van der Waals surface area (Å²) in [7, 11) is 1.67. The zero-order valence-electron chi connectivity index (χ0n) is 16.5. The van der Waals surface area contributed by atoms with Crippen LogP contribution in [-0.2, 0) is 11.3 Å². The summed E-state index contributed by atoms with van der Waals surface area (Å²) in [5.41, 5.74) is 1.16. The molecule has 1 aliphatic heterocycles. The van der Waals surface area contributed by atoms with Gasteiger partial charge in [-0.3, -0.25) is 4.90 Å². The molecule has 1 aromatic rings. The fourth-order valence-electron chi connectivity index (χ4n) is 3.20. The number of ether oxygens (including phenoxy) is 2. The minimum Gasteiger partial charge on any atom is -0.491 e. The Morgan fingerprint density at radius 2 is 2.00 bits per heavy atom. The molecule has 2 N–H and O–H groups in total. The van der Waals surface area contributed by atoms with Crippen molar-refractivity contribution in [3.63, 3.8) is 0 Å². The molecule has 1 unspecified atom stereocenters. The SMILES string of the molecule is CCNC(=NCc1ccc(OCCOC)cc1)NCC1CCCN1CC. The molecule has 0 spiro atoms. The zero-order chi connectivity index (χ0) is 18.6. The van der Waals surface area contributed by atoms with Gasteiger partial charge in [0.05, 0.1) is 13.2 Å². The number of likely N-dealkylation sites (N-methyl/N-ethyl adjacent to an activating group) is 1. The minimum absolute atomic E-state index is 0.568. The third-order valence-corrected chi connectivity index (χ3v) is 4.65. The second-order valence-electron chi connectivity index (χ2n) is 6.49. The van der Waals surface area contributed by atoms with Crippen LogP contribution in [0.4, 0.5) is 0 Å². The van der Waals surface area contributed by atoms with Gasteiger partial charge in [0.15, 0.2) is 5.96 Å². The van der Waals surface area contributed by atoms with Crippen molar-refractivity contribution in [3.8, 4) is 5.75 Å². The number of hydrogen-bond acceptors (Lipinski definition) is 4. The molecule has 6 nitrogen and oxygen atoms in total. The minimum atomic E-state index is 0.568. The van der Waals surface area contributed by atoms with Gasteiger partial charge in [-0.05, 0) is 50.6 Å². The van der Waals surface area contributed by atoms with E-state index in [1.807, 2.05) is 12.1 Å². The van der Waals surface area contributed by atoms with Gasteiger partial charge in [-0.1, -0.05) is 19.1 Å². The Morgan fingerprint density at radius 1 is 1.19 bits per heavy atom. The van der Waals surface area contributed by atoms with E-state index < -0.39 is 0 Å². The van der Waals surface area contributed by atoms with Gasteiger partial charge < -0.3 is 20.1 Å². The number of rotatable bonds is 10. The van der Waals surface area contributed by atoms with Gasteiger partial charge in [0.1, 0.15) is 12.4 Å². The molecule has 146 valence electrons. The lowest BCUT2D eigenvalue weighted by molar-refractivity contribution is 0.146. The van der Waals surface area contributed by atoms with Crippen LogP contribution in [0.15, 0.2) is 29.3 Å². The summed E-state index contributed by atoms with van der Waals surface area (Å²) in [4.78, 5) is 7.26. The lowest BCUT2D eigenvalue weighted by Crippen LogP contribution is -2.44. The smallest absolute Gasteiger partial charge is 0.191 e. The van der Waals surface area contributed by atoms with Crippen LogP contribution in [0, 0.1) is 0 Å². The Morgan fingerprint density at radius 3 is 2.69 bits per heavy atom. The monoisotopic (exact) mass is 362 g/mol. The third-order valence-electron chi connectivity index (χ3n) is 4.65. The lowest BCUT2D eigenvalue weighted by Gasteiger charge is -2.24. The first-order valence-corrected chi connectivity index (χ1v) is 9.73. The van der Waals surface area contributed by atoms with Gasteiger partial charge in [0, 0.05) is 26.2 Å². The predicted octanol–water partition coefficient (Wildman–Crippen LogP) is 2.25. The maximum Gasteiger partial charge on any atom is 0.191 e. The van der Waals surface area contributed by atoms with Crippen LogP contribution in [0.3, 0.4) is 0 Å². The number of guanidine groups is 1. The molecule has 0 saturated carbocycles. The average Bonchev–Trinajstić information content (AvgIpc) is 3.13. The topological polar surface area (TPSA) is 58.1 Å². The van der Waals surface area contributed by atoms with Crippen molar-refractivity contribution in [2.75, 3.05) is 46.5 Å². The molecule has 1 aromatic carbocycles. The van der Waals surface area contributed by atoms with Crippen LogP contribution in [0.25, 0.3) is 0 Å². The highest BCUT2D eigenvalue weighted by Gasteiger charge is 2.22. The first-order valence-electron chi connectivity index (χ1n) is 9.73. The maximum absolute atomic E-state index is 5.59. The summed E-state index contributed by atoms with van der Waals surface area (Å²) < 4.78 is 10.6. The van der Waals surface area contributed by atoms with Crippen LogP contribution in [0.2, 0.25) is 0 Å². The van der Waals surface area contributed by atoms with E-state index in [-0.39, 0.29) is 0 Å². The number of likely N-dealkylation sites (tertiary alicyclic amines) is 1. The van der Waals surface area contributed by atoms with Gasteiger partial charge in [0.25, 0.3) is 0 Å². The van der Waals surface area contributed by atoms with Gasteiger partial charge in [-0.15, -0.1) is 0 Å². The molecule has 0 aliphatic carbocycles. The van der Waals surface area contributed by atoms with Crippen LogP contribution in [0.5, 0.6) is 5.75 Å². The quantitative estimate of drug-likeness (QED) is 0.380. The molecular formula is C20H34N4O2. The third kappa shape index (κ3) is 6.84. The lowest BCUT2D eigenvalue weighted by atomic mass is 10.2. The number of benzene rings is 1. The standard InChI is InChI=1S/C20H34N4O2/c1-4-21-20(23-16-18-7-6-12-24(18)5-2)22-15-17-8-10-19(11-9-17)26-14-13-25-3/h8-11,18H,4-7,12-16H2,1-3H3,(H2,21,22,23). The van der Waals surface area contributed by atoms with Crippen molar-refractivity contribution < 1.29 is 9.47 Å². The second kappa shape index (κ2) is 11.8. The van der Waals surface area contributed by atoms with Crippen LogP contribution < -0.4 is 15.4 Å². The van der Waals surface area contributed by atoms with E-state index in [2.05, 4.69) is 41.5 Å². The van der Waals surface area contributed by atoms with E-state index in [0.29, 0.717) is 25.8 Å². The largest absolute Gasteiger partial charge is 0.491 e. The van der Waals surface area contributed by atoms with Gasteiger partial charge >= 0.3 is 0 Å². The fourth-order valence-corrected chi connectivity index (χ4v) is 3.20. The van der Waals surface area contributed by atoms with Crippen molar-refractivity contribution in [1.29, 1.82) is 0 Å². The number of nitrogens with one attached hydrogen (secondary N) is 2. The first-order chi connectivity index (χ1) is 12.8. The number of aliphatic imine (C=N–C) groups is 1. The molecule has 1 saturated heterocycles. The van der Waals surface area contributed by atoms with Gasteiger partial charge in [-0.25, -0.2) is 4.99 Å². The molecular weight excluding hydrogens is 328 g/mol. The van der Waals surface area contributed by atoms with Crippen LogP contribution in [0.1, 0.15) is 32.3 Å². The Balaban J connectivity index is 1.83. The number of hydrogen-bond donors (Lipinski definition) is 2. The fraction of sp³-hybridized carbons (Fsp3) is 0.650. The van der Waals surface area contributed by atoms with E-state index in [4.69, 9.17) is 14.5 Å². The Labute approximate surface area is 158 Å². The number of methoxy groups -OCH3 is 1. The molecule has 0 radical (unpaired) electrons. The molecule has 26 heavy (non-hydrogen) atoms. The molecule has 6 heteroatoms. The van der Waals surface area contributed by atoms with E-state index in [1.165, 1.54) is 19.4 Å². The van der Waals surface area contributed by atoms with Gasteiger partial charge in [0.2, 0.25) is 0 Å². The molecule has 1 atom stereocenters. The van der Waals surface area contributed by atoms with Crippen molar-refractivity contribution >= 4 is 5.96 Å². The molecule has 2 rings (SSSR count). The molecule has 1 heterocycles. The summed E-state index contributed by atoms with van der Waals surface area (Å²) in [6, 6.07) is 8.71. The Bertz CT molecular complexity index is 533. The normalized spacial score (nSPS) is 18.1. The van der Waals surface area contributed by atoms with Crippen molar-refractivity contribution in [3.05, 3.63) is 29.8 Å². The molecule has 1 aliphatic rings. The van der Waals surface area contributed by atoms with Crippen molar-refractivity contribution in [2.45, 2.75) is 39.3 Å². The summed E-state index contributed by atoms with van der Waals surface area (Å²) in [5, 5.41) is 6.84.